The van der Waals surface area contributed by atoms with E-state index in [0.717, 1.165) is 0 Å². The van der Waals surface area contributed by atoms with Crippen LogP contribution in [0.25, 0.3) is 0 Å². The molecule has 0 heterocycles. The number of carbonyl (C=O) groups is 1. The minimum Gasteiger partial charge on any atom is -0.484 e. The Hall–Kier alpha value is -2.09. The number of hydrogen-bond acceptors (Lipinski definition) is 4. The average molecular weight is 397 g/mol. The van der Waals surface area contributed by atoms with Crippen LogP contribution in [-0.4, -0.2) is 26.5 Å². The number of benzene rings is 2. The number of halogens is 1. The summed E-state index contributed by atoms with van der Waals surface area (Å²) < 4.78 is 32.4. The number of rotatable bonds is 6. The second kappa shape index (κ2) is 8.07. The smallest absolute Gasteiger partial charge is 0.262 e. The number of sulfonamides is 1. The molecule has 8 heteroatoms. The molecule has 0 aromatic heterocycles. The van der Waals surface area contributed by atoms with E-state index in [9.17, 15) is 13.2 Å². The van der Waals surface area contributed by atoms with E-state index in [0.29, 0.717) is 16.5 Å². The molecule has 0 bridgehead atoms. The van der Waals surface area contributed by atoms with Gasteiger partial charge in [0.05, 0.1) is 4.90 Å². The van der Waals surface area contributed by atoms with Gasteiger partial charge in [0.2, 0.25) is 10.0 Å². The van der Waals surface area contributed by atoms with Crippen LogP contribution in [-0.2, 0) is 14.8 Å². The number of carbonyl (C=O) groups excluding carboxylic acids is 1. The van der Waals surface area contributed by atoms with Crippen LogP contribution in [0.15, 0.2) is 53.4 Å². The van der Waals surface area contributed by atoms with E-state index in [1.165, 1.54) is 24.3 Å². The molecule has 2 aromatic rings. The van der Waals surface area contributed by atoms with Crippen molar-refractivity contribution >= 4 is 33.2 Å². The third-order valence-corrected chi connectivity index (χ3v) is 5.06. The molecule has 1 amide bonds. The topological polar surface area (TPSA) is 84.5 Å². The summed E-state index contributed by atoms with van der Waals surface area (Å²) >= 11 is 5.86. The van der Waals surface area contributed by atoms with Gasteiger partial charge in [0.15, 0.2) is 6.61 Å². The molecule has 0 aliphatic rings. The molecule has 0 saturated heterocycles. The van der Waals surface area contributed by atoms with Crippen LogP contribution in [0.5, 0.6) is 5.75 Å². The maximum Gasteiger partial charge on any atom is 0.262 e. The molecular weight excluding hydrogens is 376 g/mol. The predicted molar refractivity (Wildman–Crippen MR) is 102 cm³/mol. The van der Waals surface area contributed by atoms with E-state index < -0.39 is 15.6 Å². The summed E-state index contributed by atoms with van der Waals surface area (Å²) in [4.78, 5) is 12.0. The zero-order valence-electron chi connectivity index (χ0n) is 14.7. The molecule has 0 fully saturated rings. The molecule has 6 nitrogen and oxygen atoms in total. The first-order chi connectivity index (χ1) is 12.0. The molecule has 0 unspecified atom stereocenters. The highest BCUT2D eigenvalue weighted by atomic mass is 35.5. The Labute approximate surface area is 158 Å². The second-order valence-electron chi connectivity index (χ2n) is 6.67. The van der Waals surface area contributed by atoms with Gasteiger partial charge >= 0.3 is 0 Å². The summed E-state index contributed by atoms with van der Waals surface area (Å²) in [5, 5.41) is 3.18. The van der Waals surface area contributed by atoms with E-state index in [-0.39, 0.29) is 17.4 Å². The SMILES string of the molecule is CC(C)(C)NS(=O)(=O)c1ccc(OCC(=O)Nc2cccc(Cl)c2)cc1. The normalized spacial score (nSPS) is 11.8. The highest BCUT2D eigenvalue weighted by Crippen LogP contribution is 2.18. The van der Waals surface area contributed by atoms with E-state index in [1.807, 2.05) is 0 Å². The van der Waals surface area contributed by atoms with Crippen molar-refractivity contribution in [2.24, 2.45) is 0 Å². The first kappa shape index (κ1) is 20.2. The molecule has 0 aliphatic heterocycles. The average Bonchev–Trinajstić information content (AvgIpc) is 2.51. The maximum absolute atomic E-state index is 12.2. The van der Waals surface area contributed by atoms with Crippen molar-refractivity contribution in [3.63, 3.8) is 0 Å². The van der Waals surface area contributed by atoms with Gasteiger partial charge in [-0.1, -0.05) is 17.7 Å². The summed E-state index contributed by atoms with van der Waals surface area (Å²) in [5.74, 6) is 0.0410. The van der Waals surface area contributed by atoms with E-state index >= 15 is 0 Å². The molecule has 0 spiro atoms. The Morgan fingerprint density at radius 3 is 2.35 bits per heavy atom. The Bertz CT molecular complexity index is 875. The number of anilines is 1. The molecule has 26 heavy (non-hydrogen) atoms. The van der Waals surface area contributed by atoms with E-state index in [1.54, 1.807) is 45.0 Å². The van der Waals surface area contributed by atoms with Crippen molar-refractivity contribution in [3.8, 4) is 5.75 Å². The third kappa shape index (κ3) is 6.33. The van der Waals surface area contributed by atoms with Crippen LogP contribution < -0.4 is 14.8 Å². The lowest BCUT2D eigenvalue weighted by Crippen LogP contribution is -2.40. The molecule has 0 saturated carbocycles. The van der Waals surface area contributed by atoms with Crippen LogP contribution in [0.1, 0.15) is 20.8 Å². The zero-order valence-corrected chi connectivity index (χ0v) is 16.3. The zero-order chi connectivity index (χ0) is 19.4. The van der Waals surface area contributed by atoms with Crippen molar-refractivity contribution in [2.45, 2.75) is 31.2 Å². The highest BCUT2D eigenvalue weighted by Gasteiger charge is 2.21. The Morgan fingerprint density at radius 2 is 1.77 bits per heavy atom. The highest BCUT2D eigenvalue weighted by molar-refractivity contribution is 7.89. The fourth-order valence-electron chi connectivity index (χ4n) is 2.09. The summed E-state index contributed by atoms with van der Waals surface area (Å²) in [7, 11) is -3.61. The fraction of sp³-hybridized carbons (Fsp3) is 0.278. The molecule has 0 aliphatic carbocycles. The molecule has 0 radical (unpaired) electrons. The standard InChI is InChI=1S/C18H21ClN2O4S/c1-18(2,3)21-26(23,24)16-9-7-15(8-10-16)25-12-17(22)20-14-6-4-5-13(19)11-14/h4-11,21H,12H2,1-3H3,(H,20,22). The Morgan fingerprint density at radius 1 is 1.12 bits per heavy atom. The van der Waals surface area contributed by atoms with Crippen LogP contribution in [0.3, 0.4) is 0 Å². The molecule has 2 aromatic carbocycles. The monoisotopic (exact) mass is 396 g/mol. The summed E-state index contributed by atoms with van der Waals surface area (Å²) in [5.41, 5.74) is -0.00677. The third-order valence-electron chi connectivity index (χ3n) is 3.05. The molecule has 2 rings (SSSR count). The minimum absolute atomic E-state index is 0.128. The van der Waals surface area contributed by atoms with Gasteiger partial charge in [0.1, 0.15) is 5.75 Å². The first-order valence-electron chi connectivity index (χ1n) is 7.87. The van der Waals surface area contributed by atoms with Gasteiger partial charge in [-0.2, -0.15) is 0 Å². The van der Waals surface area contributed by atoms with Crippen LogP contribution >= 0.6 is 11.6 Å². The summed E-state index contributed by atoms with van der Waals surface area (Å²) in [6, 6.07) is 12.6. The predicted octanol–water partition coefficient (Wildman–Crippen LogP) is 3.43. The van der Waals surface area contributed by atoms with Crippen molar-refractivity contribution in [2.75, 3.05) is 11.9 Å². The number of hydrogen-bond donors (Lipinski definition) is 2. The van der Waals surface area contributed by atoms with Crippen LogP contribution in [0, 0.1) is 0 Å². The Kier molecular flexibility index (Phi) is 6.28. The number of amides is 1. The molecule has 140 valence electrons. The molecule has 2 N–H and O–H groups in total. The van der Waals surface area contributed by atoms with Crippen molar-refractivity contribution in [1.82, 2.24) is 4.72 Å². The van der Waals surface area contributed by atoms with Gasteiger partial charge < -0.3 is 10.1 Å². The summed E-state index contributed by atoms with van der Waals surface area (Å²) in [6.45, 7) is 5.08. The first-order valence-corrected chi connectivity index (χ1v) is 9.73. The fourth-order valence-corrected chi connectivity index (χ4v) is 3.70. The second-order valence-corrected chi connectivity index (χ2v) is 8.79. The Balaban J connectivity index is 1.94. The van der Waals surface area contributed by atoms with Gasteiger partial charge in [0.25, 0.3) is 5.91 Å². The van der Waals surface area contributed by atoms with E-state index in [4.69, 9.17) is 16.3 Å². The van der Waals surface area contributed by atoms with Crippen molar-refractivity contribution < 1.29 is 17.9 Å². The number of ether oxygens (including phenoxy) is 1. The van der Waals surface area contributed by atoms with Gasteiger partial charge in [0, 0.05) is 16.2 Å². The minimum atomic E-state index is -3.61. The quantitative estimate of drug-likeness (QED) is 0.783. The molecular formula is C18H21ClN2O4S. The maximum atomic E-state index is 12.2. The lowest BCUT2D eigenvalue weighted by atomic mass is 10.1. The summed E-state index contributed by atoms with van der Waals surface area (Å²) in [6.07, 6.45) is 0. The van der Waals surface area contributed by atoms with Crippen molar-refractivity contribution in [1.29, 1.82) is 0 Å². The molecule has 0 atom stereocenters. The largest absolute Gasteiger partial charge is 0.484 e. The lowest BCUT2D eigenvalue weighted by molar-refractivity contribution is -0.118. The van der Waals surface area contributed by atoms with Crippen molar-refractivity contribution in [3.05, 3.63) is 53.6 Å². The lowest BCUT2D eigenvalue weighted by Gasteiger charge is -2.20. The van der Waals surface area contributed by atoms with Crippen LogP contribution in [0.2, 0.25) is 5.02 Å². The van der Waals surface area contributed by atoms with Gasteiger partial charge in [-0.25, -0.2) is 13.1 Å². The van der Waals surface area contributed by atoms with E-state index in [2.05, 4.69) is 10.0 Å². The van der Waals surface area contributed by atoms with Gasteiger partial charge in [-0.15, -0.1) is 0 Å². The number of nitrogens with one attached hydrogen (secondary N) is 2. The van der Waals surface area contributed by atoms with Gasteiger partial charge in [-0.05, 0) is 63.2 Å². The van der Waals surface area contributed by atoms with Crippen LogP contribution in [0.4, 0.5) is 5.69 Å². The van der Waals surface area contributed by atoms with Gasteiger partial charge in [-0.3, -0.25) is 4.79 Å².